The van der Waals surface area contributed by atoms with E-state index in [1.807, 2.05) is 4.90 Å². The Kier molecular flexibility index (Phi) is 7.06. The molecular formula is C16H24N2O2S. The van der Waals surface area contributed by atoms with E-state index in [9.17, 15) is 4.79 Å². The van der Waals surface area contributed by atoms with Gasteiger partial charge in [-0.15, -0.1) is 11.8 Å². The second kappa shape index (κ2) is 9.07. The maximum absolute atomic E-state index is 12.1. The fourth-order valence-corrected chi connectivity index (χ4v) is 2.96. The van der Waals surface area contributed by atoms with Gasteiger partial charge in [-0.05, 0) is 30.7 Å². The molecule has 1 N–H and O–H groups in total. The van der Waals surface area contributed by atoms with E-state index in [4.69, 9.17) is 4.74 Å². The van der Waals surface area contributed by atoms with Crippen molar-refractivity contribution in [3.63, 3.8) is 0 Å². The zero-order valence-corrected chi connectivity index (χ0v) is 13.5. The van der Waals surface area contributed by atoms with Crippen molar-refractivity contribution in [3.05, 3.63) is 29.8 Å². The fourth-order valence-electron chi connectivity index (χ4n) is 2.16. The summed E-state index contributed by atoms with van der Waals surface area (Å²) in [5.41, 5.74) is 1.28. The summed E-state index contributed by atoms with van der Waals surface area (Å²) in [5, 5.41) is 3.38. The van der Waals surface area contributed by atoms with Crippen LogP contribution in [-0.4, -0.2) is 49.4 Å². The standard InChI is InChI=1S/C16H24N2O2S/c1-2-7-17-12-14-3-5-15(6-4-14)21-13-16(19)18-8-10-20-11-9-18/h3-6,17H,2,7-13H2,1H3. The van der Waals surface area contributed by atoms with Crippen LogP contribution in [0.3, 0.4) is 0 Å². The van der Waals surface area contributed by atoms with Crippen LogP contribution in [0.25, 0.3) is 0 Å². The Morgan fingerprint density at radius 1 is 1.29 bits per heavy atom. The van der Waals surface area contributed by atoms with Gasteiger partial charge in [0.05, 0.1) is 19.0 Å². The predicted octanol–water partition coefficient (Wildman–Crippen LogP) is 2.14. The van der Waals surface area contributed by atoms with Crippen LogP contribution in [0.15, 0.2) is 29.2 Å². The smallest absolute Gasteiger partial charge is 0.233 e. The number of rotatable bonds is 7. The average molecular weight is 308 g/mol. The van der Waals surface area contributed by atoms with Crippen molar-refractivity contribution in [2.75, 3.05) is 38.6 Å². The van der Waals surface area contributed by atoms with Gasteiger partial charge < -0.3 is 15.0 Å². The van der Waals surface area contributed by atoms with Gasteiger partial charge in [0.2, 0.25) is 5.91 Å². The Morgan fingerprint density at radius 2 is 2.00 bits per heavy atom. The zero-order chi connectivity index (χ0) is 14.9. The van der Waals surface area contributed by atoms with Gasteiger partial charge in [-0.25, -0.2) is 0 Å². The van der Waals surface area contributed by atoms with Crippen molar-refractivity contribution in [3.8, 4) is 0 Å². The first-order valence-electron chi connectivity index (χ1n) is 7.57. The van der Waals surface area contributed by atoms with Crippen LogP contribution < -0.4 is 5.32 Å². The van der Waals surface area contributed by atoms with Gasteiger partial charge in [0, 0.05) is 24.5 Å². The summed E-state index contributed by atoms with van der Waals surface area (Å²) in [6.07, 6.45) is 1.15. The highest BCUT2D eigenvalue weighted by Crippen LogP contribution is 2.19. The molecule has 1 aliphatic rings. The van der Waals surface area contributed by atoms with E-state index in [1.165, 1.54) is 5.56 Å². The van der Waals surface area contributed by atoms with E-state index in [2.05, 4.69) is 36.5 Å². The lowest BCUT2D eigenvalue weighted by Crippen LogP contribution is -2.41. The van der Waals surface area contributed by atoms with Crippen LogP contribution in [0.4, 0.5) is 0 Å². The Bertz CT molecular complexity index is 430. The van der Waals surface area contributed by atoms with Crippen LogP contribution in [0, 0.1) is 0 Å². The first kappa shape index (κ1) is 16.3. The van der Waals surface area contributed by atoms with Crippen molar-refractivity contribution in [2.45, 2.75) is 24.8 Å². The summed E-state index contributed by atoms with van der Waals surface area (Å²) in [4.78, 5) is 15.1. The molecule has 1 aliphatic heterocycles. The van der Waals surface area contributed by atoms with Crippen LogP contribution in [0.5, 0.6) is 0 Å². The topological polar surface area (TPSA) is 41.6 Å². The second-order valence-corrected chi connectivity index (χ2v) is 6.15. The predicted molar refractivity (Wildman–Crippen MR) is 86.6 cm³/mol. The van der Waals surface area contributed by atoms with E-state index in [-0.39, 0.29) is 5.91 Å². The third kappa shape index (κ3) is 5.69. The molecule has 0 aliphatic carbocycles. The number of morpholine rings is 1. The van der Waals surface area contributed by atoms with Gasteiger partial charge in [0.15, 0.2) is 0 Å². The number of hydrogen-bond donors (Lipinski definition) is 1. The molecule has 0 unspecified atom stereocenters. The molecule has 1 aromatic carbocycles. The molecule has 1 saturated heterocycles. The van der Waals surface area contributed by atoms with E-state index >= 15 is 0 Å². The number of carbonyl (C=O) groups is 1. The third-order valence-electron chi connectivity index (χ3n) is 3.41. The van der Waals surface area contributed by atoms with Crippen LogP contribution >= 0.6 is 11.8 Å². The highest BCUT2D eigenvalue weighted by Gasteiger charge is 2.16. The lowest BCUT2D eigenvalue weighted by atomic mass is 10.2. The van der Waals surface area contributed by atoms with Gasteiger partial charge in [-0.3, -0.25) is 4.79 Å². The van der Waals surface area contributed by atoms with Crippen LogP contribution in [-0.2, 0) is 16.1 Å². The summed E-state index contributed by atoms with van der Waals surface area (Å²) in [6.45, 7) is 6.89. The molecule has 0 aromatic heterocycles. The minimum absolute atomic E-state index is 0.206. The van der Waals surface area contributed by atoms with Gasteiger partial charge in [-0.2, -0.15) is 0 Å². The molecule has 21 heavy (non-hydrogen) atoms. The lowest BCUT2D eigenvalue weighted by Gasteiger charge is -2.26. The molecule has 1 amide bonds. The number of nitrogens with zero attached hydrogens (tertiary/aromatic N) is 1. The third-order valence-corrected chi connectivity index (χ3v) is 4.40. The number of carbonyl (C=O) groups excluding carboxylic acids is 1. The molecular weight excluding hydrogens is 284 g/mol. The number of ether oxygens (including phenoxy) is 1. The highest BCUT2D eigenvalue weighted by atomic mass is 32.2. The molecule has 0 atom stereocenters. The van der Waals surface area contributed by atoms with Crippen LogP contribution in [0.2, 0.25) is 0 Å². The number of thioether (sulfide) groups is 1. The van der Waals surface area contributed by atoms with Gasteiger partial charge >= 0.3 is 0 Å². The van der Waals surface area contributed by atoms with E-state index in [0.29, 0.717) is 19.0 Å². The normalized spacial score (nSPS) is 15.2. The minimum atomic E-state index is 0.206. The SMILES string of the molecule is CCCNCc1ccc(SCC(=O)N2CCOCC2)cc1. The van der Waals surface area contributed by atoms with E-state index in [1.54, 1.807) is 11.8 Å². The summed E-state index contributed by atoms with van der Waals surface area (Å²) in [6, 6.07) is 8.45. The number of amides is 1. The number of nitrogens with one attached hydrogen (secondary N) is 1. The zero-order valence-electron chi connectivity index (χ0n) is 12.6. The molecule has 0 radical (unpaired) electrons. The molecule has 0 spiro atoms. The molecule has 1 heterocycles. The van der Waals surface area contributed by atoms with E-state index < -0.39 is 0 Å². The summed E-state index contributed by atoms with van der Waals surface area (Å²) in [5.74, 6) is 0.713. The summed E-state index contributed by atoms with van der Waals surface area (Å²) < 4.78 is 5.26. The minimum Gasteiger partial charge on any atom is -0.378 e. The summed E-state index contributed by atoms with van der Waals surface area (Å²) >= 11 is 1.61. The van der Waals surface area contributed by atoms with Gasteiger partial charge in [0.1, 0.15) is 0 Å². The number of hydrogen-bond acceptors (Lipinski definition) is 4. The monoisotopic (exact) mass is 308 g/mol. The first-order valence-corrected chi connectivity index (χ1v) is 8.56. The molecule has 116 valence electrons. The van der Waals surface area contributed by atoms with Crippen molar-refractivity contribution in [1.29, 1.82) is 0 Å². The highest BCUT2D eigenvalue weighted by molar-refractivity contribution is 8.00. The first-order chi connectivity index (χ1) is 10.3. The Hall–Kier alpha value is -1.04. The molecule has 0 bridgehead atoms. The molecule has 0 saturated carbocycles. The Balaban J connectivity index is 1.73. The number of benzene rings is 1. The maximum Gasteiger partial charge on any atom is 0.233 e. The quantitative estimate of drug-likeness (QED) is 0.619. The summed E-state index contributed by atoms with van der Waals surface area (Å²) in [7, 11) is 0. The maximum atomic E-state index is 12.1. The van der Waals surface area contributed by atoms with Crippen molar-refractivity contribution in [2.24, 2.45) is 0 Å². The van der Waals surface area contributed by atoms with Gasteiger partial charge in [-0.1, -0.05) is 19.1 Å². The molecule has 5 heteroatoms. The van der Waals surface area contributed by atoms with Crippen LogP contribution in [0.1, 0.15) is 18.9 Å². The van der Waals surface area contributed by atoms with Gasteiger partial charge in [0.25, 0.3) is 0 Å². The molecule has 4 nitrogen and oxygen atoms in total. The van der Waals surface area contributed by atoms with Crippen molar-refractivity contribution in [1.82, 2.24) is 10.2 Å². The Labute approximate surface area is 131 Å². The van der Waals surface area contributed by atoms with Crippen molar-refractivity contribution < 1.29 is 9.53 Å². The average Bonchev–Trinajstić information content (AvgIpc) is 2.55. The molecule has 2 rings (SSSR count). The lowest BCUT2D eigenvalue weighted by molar-refractivity contribution is -0.132. The molecule has 1 fully saturated rings. The molecule has 1 aromatic rings. The largest absolute Gasteiger partial charge is 0.378 e. The second-order valence-electron chi connectivity index (χ2n) is 5.10. The fraction of sp³-hybridized carbons (Fsp3) is 0.562. The van der Waals surface area contributed by atoms with E-state index in [0.717, 1.165) is 37.5 Å². The van der Waals surface area contributed by atoms with Crippen molar-refractivity contribution >= 4 is 17.7 Å². The Morgan fingerprint density at radius 3 is 2.67 bits per heavy atom.